The molecule has 1 saturated heterocycles. The molecule has 4 aromatic carbocycles. The van der Waals surface area contributed by atoms with Crippen molar-refractivity contribution in [3.63, 3.8) is 0 Å². The van der Waals surface area contributed by atoms with Crippen LogP contribution in [0.4, 0.5) is 0 Å². The van der Waals surface area contributed by atoms with Crippen molar-refractivity contribution in [2.75, 3.05) is 56.4 Å². The van der Waals surface area contributed by atoms with E-state index in [1.54, 1.807) is 0 Å². The van der Waals surface area contributed by atoms with Crippen LogP contribution in [-0.2, 0) is 42.6 Å². The summed E-state index contributed by atoms with van der Waals surface area (Å²) in [6.45, 7) is 12.0. The van der Waals surface area contributed by atoms with E-state index in [2.05, 4.69) is 199 Å². The standard InChI is InChI=1S/C40H60N4O4Si4/c1-41(2)29-33-21-13-17-25-37(33)49(9)45-50(10,38-26-18-14-22-34(38)30-42(3)4)47-52(12,40-28-20-16-24-36(40)32-44(7)8)48-51(11,46-49)39-27-19-15-23-35(39)31-43(5)6/h13-28H,29-32H2,1-12H3. The molecule has 1 heterocycles. The molecule has 12 heteroatoms. The molecule has 0 atom stereocenters. The number of nitrogens with zero attached hydrogens (tertiary/aromatic N) is 4. The van der Waals surface area contributed by atoms with Gasteiger partial charge < -0.3 is 36.1 Å². The van der Waals surface area contributed by atoms with Gasteiger partial charge in [-0.15, -0.1) is 0 Å². The lowest BCUT2D eigenvalue weighted by atomic mass is 10.2. The van der Waals surface area contributed by atoms with Crippen molar-refractivity contribution in [2.45, 2.75) is 52.4 Å². The van der Waals surface area contributed by atoms with Crippen LogP contribution in [0.15, 0.2) is 97.1 Å². The number of benzene rings is 4. The molecule has 0 radical (unpaired) electrons. The zero-order chi connectivity index (χ0) is 37.9. The van der Waals surface area contributed by atoms with E-state index in [9.17, 15) is 0 Å². The Balaban J connectivity index is 1.85. The van der Waals surface area contributed by atoms with Gasteiger partial charge in [0.15, 0.2) is 0 Å². The highest BCUT2D eigenvalue weighted by molar-refractivity contribution is 7.05. The Kier molecular flexibility index (Phi) is 12.8. The van der Waals surface area contributed by atoms with E-state index in [0.29, 0.717) is 0 Å². The van der Waals surface area contributed by atoms with Crippen LogP contribution >= 0.6 is 0 Å². The van der Waals surface area contributed by atoms with Crippen LogP contribution < -0.4 is 20.7 Å². The van der Waals surface area contributed by atoms with Gasteiger partial charge in [0, 0.05) is 26.2 Å². The van der Waals surface area contributed by atoms with Gasteiger partial charge in [-0.2, -0.15) is 0 Å². The molecule has 0 aromatic heterocycles. The minimum absolute atomic E-state index is 0.766. The molecule has 1 fully saturated rings. The second-order valence-electron chi connectivity index (χ2n) is 15.8. The molecule has 0 N–H and O–H groups in total. The van der Waals surface area contributed by atoms with Gasteiger partial charge in [-0.1, -0.05) is 97.1 Å². The second-order valence-corrected chi connectivity index (χ2v) is 28.8. The highest BCUT2D eigenvalue weighted by Gasteiger charge is 2.61. The molecule has 0 amide bonds. The molecule has 0 saturated carbocycles. The molecular weight excluding hydrogens is 713 g/mol. The van der Waals surface area contributed by atoms with Crippen LogP contribution in [0.1, 0.15) is 22.3 Å². The maximum absolute atomic E-state index is 7.92. The van der Waals surface area contributed by atoms with Crippen molar-refractivity contribution in [1.82, 2.24) is 19.6 Å². The van der Waals surface area contributed by atoms with Crippen molar-refractivity contribution in [3.8, 4) is 0 Å². The molecule has 0 bridgehead atoms. The fraction of sp³-hybridized carbons (Fsp3) is 0.400. The van der Waals surface area contributed by atoms with Crippen molar-refractivity contribution < 1.29 is 16.5 Å². The molecule has 0 spiro atoms. The first kappa shape index (κ1) is 40.6. The predicted molar refractivity (Wildman–Crippen MR) is 225 cm³/mol. The predicted octanol–water partition coefficient (Wildman–Crippen LogP) is 4.23. The maximum Gasteiger partial charge on any atom is 0.352 e. The van der Waals surface area contributed by atoms with Gasteiger partial charge in [-0.25, -0.2) is 0 Å². The topological polar surface area (TPSA) is 49.9 Å². The third-order valence-electron chi connectivity index (χ3n) is 9.53. The van der Waals surface area contributed by atoms with E-state index in [-0.39, 0.29) is 0 Å². The van der Waals surface area contributed by atoms with E-state index in [4.69, 9.17) is 16.5 Å². The smallest absolute Gasteiger partial charge is 0.352 e. The summed E-state index contributed by atoms with van der Waals surface area (Å²) in [5.74, 6) is 0. The van der Waals surface area contributed by atoms with Crippen LogP contribution in [0.2, 0.25) is 26.2 Å². The zero-order valence-corrected chi connectivity index (χ0v) is 37.5. The molecule has 52 heavy (non-hydrogen) atoms. The Hall–Kier alpha value is -2.57. The summed E-state index contributed by atoms with van der Waals surface area (Å²) in [6.07, 6.45) is 0. The molecule has 0 aliphatic carbocycles. The van der Waals surface area contributed by atoms with Gasteiger partial charge in [-0.05, 0) is 126 Å². The maximum atomic E-state index is 7.92. The summed E-state index contributed by atoms with van der Waals surface area (Å²) >= 11 is 0. The highest BCUT2D eigenvalue weighted by atomic mass is 28.5. The molecule has 5 rings (SSSR count). The number of hydrogen-bond acceptors (Lipinski definition) is 8. The molecular formula is C40H60N4O4Si4. The summed E-state index contributed by atoms with van der Waals surface area (Å²) in [7, 11) is 3.55. The Bertz CT molecular complexity index is 1550. The van der Waals surface area contributed by atoms with Gasteiger partial charge in [-0.3, -0.25) is 0 Å². The van der Waals surface area contributed by atoms with Gasteiger partial charge >= 0.3 is 34.2 Å². The first-order valence-corrected chi connectivity index (χ1v) is 27.5. The second kappa shape index (κ2) is 16.4. The molecule has 4 aromatic rings. The Morgan fingerprint density at radius 1 is 0.327 bits per heavy atom. The average Bonchev–Trinajstić information content (AvgIpc) is 3.03. The van der Waals surface area contributed by atoms with Gasteiger partial charge in [0.1, 0.15) is 0 Å². The normalized spacial score (nSPS) is 25.5. The van der Waals surface area contributed by atoms with E-state index in [0.717, 1.165) is 46.9 Å². The molecule has 280 valence electrons. The van der Waals surface area contributed by atoms with Crippen LogP contribution in [-0.4, -0.2) is 110 Å². The summed E-state index contributed by atoms with van der Waals surface area (Å²) in [4.78, 5) is 8.85. The number of rotatable bonds is 12. The monoisotopic (exact) mass is 772 g/mol. The Morgan fingerprint density at radius 2 is 0.500 bits per heavy atom. The summed E-state index contributed by atoms with van der Waals surface area (Å²) < 4.78 is 31.7. The molecule has 0 unspecified atom stereocenters. The van der Waals surface area contributed by atoms with Crippen LogP contribution in [0, 0.1) is 0 Å². The SMILES string of the molecule is CN(C)Cc1ccccc1[Si]1(C)O[Si](C)(c2ccccc2CN(C)C)O[Si](C)(c2ccccc2CN(C)C)O[Si](C)(c2ccccc2CN(C)C)O1. The van der Waals surface area contributed by atoms with Crippen LogP contribution in [0.3, 0.4) is 0 Å². The Labute approximate surface area is 317 Å². The average molecular weight is 773 g/mol. The van der Waals surface area contributed by atoms with E-state index in [1.165, 1.54) is 22.3 Å². The van der Waals surface area contributed by atoms with Gasteiger partial charge in [0.25, 0.3) is 0 Å². The lowest BCUT2D eigenvalue weighted by molar-refractivity contribution is 0.252. The lowest BCUT2D eigenvalue weighted by Gasteiger charge is -2.51. The van der Waals surface area contributed by atoms with Crippen LogP contribution in [0.5, 0.6) is 0 Å². The first-order valence-electron chi connectivity index (χ1n) is 18.2. The van der Waals surface area contributed by atoms with E-state index < -0.39 is 34.2 Å². The third kappa shape index (κ3) is 9.20. The quantitative estimate of drug-likeness (QED) is 0.199. The largest absolute Gasteiger partial charge is 0.409 e. The van der Waals surface area contributed by atoms with Gasteiger partial charge in [0.05, 0.1) is 0 Å². The summed E-state index contributed by atoms with van der Waals surface area (Å²) in [5, 5.41) is 4.51. The molecule has 8 nitrogen and oxygen atoms in total. The Morgan fingerprint density at radius 3 is 0.673 bits per heavy atom. The fourth-order valence-electron chi connectivity index (χ4n) is 7.78. The zero-order valence-electron chi connectivity index (χ0n) is 33.5. The molecule has 1 aliphatic rings. The van der Waals surface area contributed by atoms with E-state index >= 15 is 0 Å². The van der Waals surface area contributed by atoms with E-state index in [1.807, 2.05) is 0 Å². The number of hydrogen-bond donors (Lipinski definition) is 0. The van der Waals surface area contributed by atoms with Gasteiger partial charge in [0.2, 0.25) is 0 Å². The molecule has 1 aliphatic heterocycles. The minimum atomic E-state index is -3.34. The first-order chi connectivity index (χ1) is 24.5. The third-order valence-corrected chi connectivity index (χ3v) is 27.9. The lowest BCUT2D eigenvalue weighted by Crippen LogP contribution is -2.78. The fourth-order valence-corrected chi connectivity index (χ4v) is 29.9. The van der Waals surface area contributed by atoms with Crippen molar-refractivity contribution in [1.29, 1.82) is 0 Å². The minimum Gasteiger partial charge on any atom is -0.409 e. The van der Waals surface area contributed by atoms with Crippen molar-refractivity contribution >= 4 is 55.0 Å². The summed E-state index contributed by atoms with van der Waals surface area (Å²) in [5.41, 5.74) is 4.81. The van der Waals surface area contributed by atoms with Crippen molar-refractivity contribution in [3.05, 3.63) is 119 Å². The highest BCUT2D eigenvalue weighted by Crippen LogP contribution is 2.33. The van der Waals surface area contributed by atoms with Crippen LogP contribution in [0.25, 0.3) is 0 Å². The summed E-state index contributed by atoms with van der Waals surface area (Å²) in [6, 6.07) is 34.7. The van der Waals surface area contributed by atoms with Crippen molar-refractivity contribution in [2.24, 2.45) is 0 Å².